The highest BCUT2D eigenvalue weighted by molar-refractivity contribution is 9.10. The van der Waals surface area contributed by atoms with Gasteiger partial charge in [0.2, 0.25) is 0 Å². The van der Waals surface area contributed by atoms with E-state index in [-0.39, 0.29) is 30.9 Å². The van der Waals surface area contributed by atoms with Gasteiger partial charge >= 0.3 is 0 Å². The average Bonchev–Trinajstić information content (AvgIpc) is 2.39. The van der Waals surface area contributed by atoms with Crippen molar-refractivity contribution in [2.24, 2.45) is 0 Å². The van der Waals surface area contributed by atoms with Crippen LogP contribution < -0.4 is 4.74 Å². The quantitative estimate of drug-likeness (QED) is 0.754. The molecule has 1 aromatic carbocycles. The molecule has 0 fully saturated rings. The molecule has 3 nitrogen and oxygen atoms in total. The third-order valence-corrected chi connectivity index (χ3v) is 3.21. The molecule has 1 atom stereocenters. The van der Waals surface area contributed by atoms with E-state index in [1.165, 1.54) is 0 Å². The Morgan fingerprint density at radius 3 is 2.33 bits per heavy atom. The van der Waals surface area contributed by atoms with Gasteiger partial charge in [0.25, 0.3) is 0 Å². The van der Waals surface area contributed by atoms with Gasteiger partial charge in [-0.2, -0.15) is 0 Å². The molecule has 0 N–H and O–H groups in total. The fourth-order valence-electron chi connectivity index (χ4n) is 1.80. The first kappa shape index (κ1) is 20.2. The number of halogens is 3. The van der Waals surface area contributed by atoms with Crippen molar-refractivity contribution in [3.05, 3.63) is 58.8 Å². The molecular weight excluding hydrogens is 375 g/mol. The van der Waals surface area contributed by atoms with Crippen molar-refractivity contribution in [2.75, 3.05) is 20.6 Å². The molecule has 0 saturated carbocycles. The van der Waals surface area contributed by atoms with Crippen molar-refractivity contribution in [2.45, 2.75) is 6.10 Å². The molecular formula is C15H19BrCl2N2O. The van der Waals surface area contributed by atoms with E-state index in [9.17, 15) is 0 Å². The van der Waals surface area contributed by atoms with E-state index in [1.807, 2.05) is 38.4 Å². The normalized spacial score (nSPS) is 11.2. The maximum absolute atomic E-state index is 6.03. The molecule has 0 aliphatic rings. The van der Waals surface area contributed by atoms with Gasteiger partial charge in [0, 0.05) is 17.2 Å². The second-order valence-corrected chi connectivity index (χ2v) is 5.52. The molecule has 6 heteroatoms. The summed E-state index contributed by atoms with van der Waals surface area (Å²) in [6.07, 6.45) is 3.47. The van der Waals surface area contributed by atoms with Crippen LogP contribution in [-0.4, -0.2) is 30.5 Å². The molecule has 2 rings (SSSR count). The van der Waals surface area contributed by atoms with Gasteiger partial charge < -0.3 is 9.64 Å². The molecule has 1 heterocycles. The van der Waals surface area contributed by atoms with Gasteiger partial charge in [-0.25, -0.2) is 0 Å². The second kappa shape index (κ2) is 10.0. The van der Waals surface area contributed by atoms with Crippen molar-refractivity contribution in [3.63, 3.8) is 0 Å². The first-order valence-electron chi connectivity index (χ1n) is 6.12. The van der Waals surface area contributed by atoms with Crippen LogP contribution in [0.1, 0.15) is 11.7 Å². The van der Waals surface area contributed by atoms with Crippen molar-refractivity contribution in [3.8, 4) is 5.75 Å². The summed E-state index contributed by atoms with van der Waals surface area (Å²) >= 11 is 3.45. The third-order valence-electron chi connectivity index (χ3n) is 2.69. The molecule has 1 aromatic heterocycles. The molecule has 0 radical (unpaired) electrons. The maximum Gasteiger partial charge on any atom is 0.138 e. The van der Waals surface area contributed by atoms with Crippen LogP contribution in [-0.2, 0) is 0 Å². The Labute approximate surface area is 146 Å². The third kappa shape index (κ3) is 6.66. The number of ether oxygens (including phenoxy) is 1. The fraction of sp³-hybridized carbons (Fsp3) is 0.267. The predicted molar refractivity (Wildman–Crippen MR) is 94.8 cm³/mol. The van der Waals surface area contributed by atoms with Gasteiger partial charge in [-0.1, -0.05) is 28.1 Å². The molecule has 0 spiro atoms. The first-order valence-corrected chi connectivity index (χ1v) is 6.91. The van der Waals surface area contributed by atoms with E-state index < -0.39 is 0 Å². The molecule has 2 aromatic rings. The summed E-state index contributed by atoms with van der Waals surface area (Å²) in [6, 6.07) is 12.0. The van der Waals surface area contributed by atoms with Crippen molar-refractivity contribution < 1.29 is 4.74 Å². The summed E-state index contributed by atoms with van der Waals surface area (Å²) in [5.74, 6) is 0.789. The van der Waals surface area contributed by atoms with Gasteiger partial charge in [-0.15, -0.1) is 24.8 Å². The minimum absolute atomic E-state index is 0. The maximum atomic E-state index is 6.03. The lowest BCUT2D eigenvalue weighted by molar-refractivity contribution is 0.161. The average molecular weight is 394 g/mol. The highest BCUT2D eigenvalue weighted by Crippen LogP contribution is 2.23. The van der Waals surface area contributed by atoms with Crippen molar-refractivity contribution >= 4 is 40.7 Å². The Morgan fingerprint density at radius 1 is 1.14 bits per heavy atom. The Balaban J connectivity index is 0.00000200. The van der Waals surface area contributed by atoms with Gasteiger partial charge in [0.1, 0.15) is 11.9 Å². The fourth-order valence-corrected chi connectivity index (χ4v) is 2.07. The van der Waals surface area contributed by atoms with Crippen LogP contribution in [0.25, 0.3) is 0 Å². The molecule has 0 bridgehead atoms. The number of aromatic nitrogens is 1. The summed E-state index contributed by atoms with van der Waals surface area (Å²) in [5, 5.41) is 0. The summed E-state index contributed by atoms with van der Waals surface area (Å²) in [4.78, 5) is 6.19. The van der Waals surface area contributed by atoms with E-state index >= 15 is 0 Å². The number of benzene rings is 1. The lowest BCUT2D eigenvalue weighted by Crippen LogP contribution is -2.24. The van der Waals surface area contributed by atoms with E-state index in [2.05, 4.69) is 37.9 Å². The number of hydrogen-bond acceptors (Lipinski definition) is 3. The molecule has 0 amide bonds. The lowest BCUT2D eigenvalue weighted by atomic mass is 10.1. The van der Waals surface area contributed by atoms with Crippen molar-refractivity contribution in [1.29, 1.82) is 0 Å². The topological polar surface area (TPSA) is 25.4 Å². The largest absolute Gasteiger partial charge is 0.483 e. The minimum atomic E-state index is -0.00713. The van der Waals surface area contributed by atoms with Crippen LogP contribution in [0, 0.1) is 0 Å². The SMILES string of the molecule is CN(C)CC(Oc1cccnc1)c1ccc(Br)cc1.Cl.Cl. The Hall–Kier alpha value is -0.810. The molecule has 116 valence electrons. The van der Waals surface area contributed by atoms with Crippen LogP contribution >= 0.6 is 40.7 Å². The van der Waals surface area contributed by atoms with Crippen LogP contribution in [0.4, 0.5) is 0 Å². The zero-order chi connectivity index (χ0) is 13.7. The Bertz CT molecular complexity index is 509. The van der Waals surface area contributed by atoms with Gasteiger partial charge in [-0.05, 0) is 43.9 Å². The van der Waals surface area contributed by atoms with Crippen LogP contribution in [0.5, 0.6) is 5.75 Å². The summed E-state index contributed by atoms with van der Waals surface area (Å²) in [5.41, 5.74) is 1.15. The minimum Gasteiger partial charge on any atom is -0.483 e. The van der Waals surface area contributed by atoms with E-state index in [4.69, 9.17) is 4.74 Å². The Kier molecular flexibility index (Phi) is 9.62. The molecule has 0 aliphatic heterocycles. The number of likely N-dealkylation sites (N-methyl/N-ethyl adjacent to an activating group) is 1. The van der Waals surface area contributed by atoms with E-state index in [0.29, 0.717) is 0 Å². The van der Waals surface area contributed by atoms with E-state index in [1.54, 1.807) is 12.4 Å². The highest BCUT2D eigenvalue weighted by Gasteiger charge is 2.14. The van der Waals surface area contributed by atoms with Gasteiger partial charge in [0.05, 0.1) is 6.20 Å². The van der Waals surface area contributed by atoms with Gasteiger partial charge in [-0.3, -0.25) is 4.98 Å². The van der Waals surface area contributed by atoms with Crippen LogP contribution in [0.3, 0.4) is 0 Å². The predicted octanol–water partition coefficient (Wildman–Crippen LogP) is 4.37. The van der Waals surface area contributed by atoms with Crippen LogP contribution in [0.2, 0.25) is 0 Å². The lowest BCUT2D eigenvalue weighted by Gasteiger charge is -2.22. The number of pyridine rings is 1. The highest BCUT2D eigenvalue weighted by atomic mass is 79.9. The number of nitrogens with zero attached hydrogens (tertiary/aromatic N) is 2. The smallest absolute Gasteiger partial charge is 0.138 e. The van der Waals surface area contributed by atoms with Crippen LogP contribution in [0.15, 0.2) is 53.3 Å². The number of hydrogen-bond donors (Lipinski definition) is 0. The molecule has 1 unspecified atom stereocenters. The number of rotatable bonds is 5. The van der Waals surface area contributed by atoms with Crippen molar-refractivity contribution in [1.82, 2.24) is 9.88 Å². The molecule has 0 saturated heterocycles. The molecule has 21 heavy (non-hydrogen) atoms. The summed E-state index contributed by atoms with van der Waals surface area (Å²) in [7, 11) is 4.08. The molecule has 0 aliphatic carbocycles. The summed E-state index contributed by atoms with van der Waals surface area (Å²) < 4.78 is 7.10. The zero-order valence-corrected chi connectivity index (χ0v) is 15.1. The Morgan fingerprint density at radius 2 is 1.81 bits per heavy atom. The standard InChI is InChI=1S/C15H17BrN2O.2ClH/c1-18(2)11-15(12-5-7-13(16)8-6-12)19-14-4-3-9-17-10-14;;/h3-10,15H,11H2,1-2H3;2*1H. The van der Waals surface area contributed by atoms with Gasteiger partial charge in [0.15, 0.2) is 0 Å². The summed E-state index contributed by atoms with van der Waals surface area (Å²) in [6.45, 7) is 0.816. The second-order valence-electron chi connectivity index (χ2n) is 4.61. The first-order chi connectivity index (χ1) is 9.15. The monoisotopic (exact) mass is 392 g/mol. The van der Waals surface area contributed by atoms with E-state index in [0.717, 1.165) is 22.3 Å². The zero-order valence-electron chi connectivity index (χ0n) is 11.9.